The zero-order valence-electron chi connectivity index (χ0n) is 17.7. The van der Waals surface area contributed by atoms with Crippen LogP contribution in [0.2, 0.25) is 0 Å². The quantitative estimate of drug-likeness (QED) is 0.694. The predicted octanol–water partition coefficient (Wildman–Crippen LogP) is 2.28. The standard InChI is InChI=1S/C23H25N3O5/c1-14(2)21(25-22(29)16-9-5-4-8-15(16)3)23(30)31-13-20(28)26-12-19(27)24-17-10-6-7-11-18(17)26/h4-11,14,21H,12-13H2,1-3H3,(H,24,27)(H,25,29)/t21-/m0/s1. The zero-order chi connectivity index (χ0) is 22.5. The number of fused-ring (bicyclic) bond motifs is 1. The van der Waals surface area contributed by atoms with Gasteiger partial charge in [-0.3, -0.25) is 19.3 Å². The average Bonchev–Trinajstić information content (AvgIpc) is 2.74. The second-order valence-electron chi connectivity index (χ2n) is 7.66. The van der Waals surface area contributed by atoms with Crippen molar-refractivity contribution in [3.8, 4) is 0 Å². The number of esters is 1. The molecular weight excluding hydrogens is 398 g/mol. The first-order chi connectivity index (χ1) is 14.8. The van der Waals surface area contributed by atoms with Crippen LogP contribution in [-0.4, -0.2) is 42.9 Å². The van der Waals surface area contributed by atoms with Crippen LogP contribution >= 0.6 is 0 Å². The second-order valence-corrected chi connectivity index (χ2v) is 7.66. The summed E-state index contributed by atoms with van der Waals surface area (Å²) >= 11 is 0. The molecule has 1 aliphatic heterocycles. The number of benzene rings is 2. The van der Waals surface area contributed by atoms with Crippen molar-refractivity contribution >= 4 is 35.1 Å². The third kappa shape index (κ3) is 5.09. The summed E-state index contributed by atoms with van der Waals surface area (Å²) in [6.07, 6.45) is 0. The molecule has 0 unspecified atom stereocenters. The van der Waals surface area contributed by atoms with Gasteiger partial charge < -0.3 is 15.4 Å². The molecule has 8 nitrogen and oxygen atoms in total. The highest BCUT2D eigenvalue weighted by Crippen LogP contribution is 2.28. The van der Waals surface area contributed by atoms with Gasteiger partial charge in [0.2, 0.25) is 5.91 Å². The van der Waals surface area contributed by atoms with E-state index < -0.39 is 24.5 Å². The maximum atomic E-state index is 12.7. The molecule has 1 atom stereocenters. The first kappa shape index (κ1) is 22.0. The molecule has 0 spiro atoms. The number of rotatable bonds is 6. The van der Waals surface area contributed by atoms with E-state index in [1.54, 1.807) is 50.2 Å². The molecule has 0 bridgehead atoms. The highest BCUT2D eigenvalue weighted by molar-refractivity contribution is 6.10. The van der Waals surface area contributed by atoms with Crippen molar-refractivity contribution in [1.29, 1.82) is 0 Å². The molecule has 2 N–H and O–H groups in total. The minimum absolute atomic E-state index is 0.162. The monoisotopic (exact) mass is 423 g/mol. The van der Waals surface area contributed by atoms with Gasteiger partial charge in [0.05, 0.1) is 11.4 Å². The van der Waals surface area contributed by atoms with Gasteiger partial charge in [-0.2, -0.15) is 0 Å². The Balaban J connectivity index is 1.65. The molecule has 1 heterocycles. The summed E-state index contributed by atoms with van der Waals surface area (Å²) in [7, 11) is 0. The Morgan fingerprint density at radius 3 is 2.48 bits per heavy atom. The van der Waals surface area contributed by atoms with Gasteiger partial charge in [0.1, 0.15) is 12.6 Å². The first-order valence-corrected chi connectivity index (χ1v) is 10.00. The summed E-state index contributed by atoms with van der Waals surface area (Å²) in [6.45, 7) is 4.66. The van der Waals surface area contributed by atoms with Gasteiger partial charge in [-0.25, -0.2) is 4.79 Å². The topological polar surface area (TPSA) is 105 Å². The fourth-order valence-electron chi connectivity index (χ4n) is 3.30. The number of nitrogens with zero attached hydrogens (tertiary/aromatic N) is 1. The van der Waals surface area contributed by atoms with Gasteiger partial charge in [-0.1, -0.05) is 44.2 Å². The fourth-order valence-corrected chi connectivity index (χ4v) is 3.30. The molecule has 3 amide bonds. The van der Waals surface area contributed by atoms with Crippen LogP contribution in [0.5, 0.6) is 0 Å². The Labute approximate surface area is 180 Å². The number of para-hydroxylation sites is 2. The van der Waals surface area contributed by atoms with E-state index >= 15 is 0 Å². The maximum Gasteiger partial charge on any atom is 0.329 e. The second kappa shape index (κ2) is 9.42. The van der Waals surface area contributed by atoms with Crippen LogP contribution in [0.4, 0.5) is 11.4 Å². The van der Waals surface area contributed by atoms with Crippen molar-refractivity contribution in [3.05, 3.63) is 59.7 Å². The van der Waals surface area contributed by atoms with Crippen LogP contribution in [0.15, 0.2) is 48.5 Å². The molecule has 0 saturated heterocycles. The number of carbonyl (C=O) groups is 4. The van der Waals surface area contributed by atoms with E-state index in [0.29, 0.717) is 16.9 Å². The summed E-state index contributed by atoms with van der Waals surface area (Å²) in [4.78, 5) is 51.1. The Kier molecular flexibility index (Phi) is 6.69. The van der Waals surface area contributed by atoms with Crippen molar-refractivity contribution in [2.75, 3.05) is 23.4 Å². The van der Waals surface area contributed by atoms with Crippen molar-refractivity contribution in [2.24, 2.45) is 5.92 Å². The zero-order valence-corrected chi connectivity index (χ0v) is 17.7. The van der Waals surface area contributed by atoms with Crippen LogP contribution in [0.3, 0.4) is 0 Å². The summed E-state index contributed by atoms with van der Waals surface area (Å²) in [6, 6.07) is 13.0. The van der Waals surface area contributed by atoms with Crippen LogP contribution in [0.1, 0.15) is 29.8 Å². The number of nitrogens with one attached hydrogen (secondary N) is 2. The van der Waals surface area contributed by atoms with Crippen LogP contribution < -0.4 is 15.5 Å². The summed E-state index contributed by atoms with van der Waals surface area (Å²) in [5.74, 6) is -2.20. The van der Waals surface area contributed by atoms with Gasteiger partial charge in [-0.15, -0.1) is 0 Å². The highest BCUT2D eigenvalue weighted by atomic mass is 16.5. The lowest BCUT2D eigenvalue weighted by molar-refractivity contribution is -0.150. The highest BCUT2D eigenvalue weighted by Gasteiger charge is 2.30. The first-order valence-electron chi connectivity index (χ1n) is 10.00. The van der Waals surface area contributed by atoms with Gasteiger partial charge in [-0.05, 0) is 36.6 Å². The van der Waals surface area contributed by atoms with Crippen molar-refractivity contribution in [3.63, 3.8) is 0 Å². The van der Waals surface area contributed by atoms with E-state index in [-0.39, 0.29) is 24.3 Å². The van der Waals surface area contributed by atoms with Gasteiger partial charge in [0.25, 0.3) is 11.8 Å². The molecule has 0 radical (unpaired) electrons. The lowest BCUT2D eigenvalue weighted by Gasteiger charge is -2.29. The molecule has 8 heteroatoms. The molecule has 162 valence electrons. The SMILES string of the molecule is Cc1ccccc1C(=O)N[C@H](C(=O)OCC(=O)N1CC(=O)Nc2ccccc21)C(C)C. The molecule has 0 fully saturated rings. The average molecular weight is 423 g/mol. The van der Waals surface area contributed by atoms with E-state index in [1.807, 2.05) is 19.1 Å². The molecule has 0 aliphatic carbocycles. The maximum absolute atomic E-state index is 12.7. The van der Waals surface area contributed by atoms with Crippen molar-refractivity contribution in [2.45, 2.75) is 26.8 Å². The number of anilines is 2. The van der Waals surface area contributed by atoms with Crippen LogP contribution in [-0.2, 0) is 19.1 Å². The van der Waals surface area contributed by atoms with Crippen molar-refractivity contribution < 1.29 is 23.9 Å². The lowest BCUT2D eigenvalue weighted by Crippen LogP contribution is -2.47. The lowest BCUT2D eigenvalue weighted by atomic mass is 10.0. The summed E-state index contributed by atoms with van der Waals surface area (Å²) in [5, 5.41) is 5.39. The van der Waals surface area contributed by atoms with Crippen molar-refractivity contribution in [1.82, 2.24) is 5.32 Å². The molecule has 2 aromatic rings. The van der Waals surface area contributed by atoms with E-state index in [9.17, 15) is 19.2 Å². The molecule has 3 rings (SSSR count). The number of hydrogen-bond donors (Lipinski definition) is 2. The molecule has 2 aromatic carbocycles. The number of aryl methyl sites for hydroxylation is 1. The Morgan fingerprint density at radius 2 is 1.77 bits per heavy atom. The van der Waals surface area contributed by atoms with Gasteiger partial charge in [0, 0.05) is 5.56 Å². The van der Waals surface area contributed by atoms with E-state index in [1.165, 1.54) is 4.90 Å². The number of carbonyl (C=O) groups excluding carboxylic acids is 4. The van der Waals surface area contributed by atoms with Gasteiger partial charge in [0.15, 0.2) is 6.61 Å². The molecule has 0 saturated carbocycles. The van der Waals surface area contributed by atoms with E-state index in [4.69, 9.17) is 4.74 Å². The smallest absolute Gasteiger partial charge is 0.329 e. The third-order valence-electron chi connectivity index (χ3n) is 5.01. The summed E-state index contributed by atoms with van der Waals surface area (Å²) < 4.78 is 5.22. The molecule has 31 heavy (non-hydrogen) atoms. The minimum atomic E-state index is -0.920. The Morgan fingerprint density at radius 1 is 1.10 bits per heavy atom. The predicted molar refractivity (Wildman–Crippen MR) is 116 cm³/mol. The van der Waals surface area contributed by atoms with Crippen LogP contribution in [0, 0.1) is 12.8 Å². The Hall–Kier alpha value is -3.68. The van der Waals surface area contributed by atoms with Gasteiger partial charge >= 0.3 is 5.97 Å². The number of ether oxygens (including phenoxy) is 1. The Bertz CT molecular complexity index is 1020. The molecular formula is C23H25N3O5. The van der Waals surface area contributed by atoms with Crippen LogP contribution in [0.25, 0.3) is 0 Å². The number of hydrogen-bond acceptors (Lipinski definition) is 5. The normalized spacial score (nSPS) is 13.8. The largest absolute Gasteiger partial charge is 0.454 e. The third-order valence-corrected chi connectivity index (χ3v) is 5.01. The fraction of sp³-hybridized carbons (Fsp3) is 0.304. The van der Waals surface area contributed by atoms with E-state index in [2.05, 4.69) is 10.6 Å². The summed E-state index contributed by atoms with van der Waals surface area (Å²) in [5.41, 5.74) is 2.31. The van der Waals surface area contributed by atoms with E-state index in [0.717, 1.165) is 5.56 Å². The number of amides is 3. The molecule has 1 aliphatic rings. The minimum Gasteiger partial charge on any atom is -0.454 e. The molecule has 0 aromatic heterocycles.